The van der Waals surface area contributed by atoms with Gasteiger partial charge >= 0.3 is 0 Å². The van der Waals surface area contributed by atoms with Gasteiger partial charge in [-0.05, 0) is 42.9 Å². The van der Waals surface area contributed by atoms with Crippen LogP contribution in [0.2, 0.25) is 0 Å². The van der Waals surface area contributed by atoms with Crippen molar-refractivity contribution in [2.45, 2.75) is 52.9 Å². The maximum Gasteiger partial charge on any atom is 0.273 e. The van der Waals surface area contributed by atoms with Crippen molar-refractivity contribution in [3.8, 4) is 0 Å². The number of amides is 2. The summed E-state index contributed by atoms with van der Waals surface area (Å²) in [6.07, 6.45) is 0.925. The summed E-state index contributed by atoms with van der Waals surface area (Å²) in [5.41, 5.74) is 7.76. The number of carbonyl (C=O) groups excluding carboxylic acids is 2. The number of hydrazine groups is 1. The standard InChI is InChI=1S/C20H26N2O3/c1-13-12-17(14(2)25-13)19(24)22-21-18(23)11-8-15-6-9-16(10-7-15)20(3,4)5/h6-7,9-10,12H,8,11H2,1-5H3,(H,21,23)(H,22,24). The Morgan fingerprint density at radius 1 is 1.04 bits per heavy atom. The predicted octanol–water partition coefficient (Wildman–Crippen LogP) is 3.59. The molecule has 5 heteroatoms. The van der Waals surface area contributed by atoms with E-state index in [1.54, 1.807) is 19.9 Å². The molecule has 25 heavy (non-hydrogen) atoms. The van der Waals surface area contributed by atoms with Crippen LogP contribution in [0.4, 0.5) is 0 Å². The lowest BCUT2D eigenvalue weighted by molar-refractivity contribution is -0.121. The maximum atomic E-state index is 12.0. The Morgan fingerprint density at radius 2 is 1.68 bits per heavy atom. The Morgan fingerprint density at radius 3 is 2.20 bits per heavy atom. The molecule has 134 valence electrons. The first-order chi connectivity index (χ1) is 11.7. The Kier molecular flexibility index (Phi) is 5.67. The molecular formula is C20H26N2O3. The third kappa shape index (κ3) is 5.21. The van der Waals surface area contributed by atoms with Gasteiger partial charge < -0.3 is 4.42 Å². The fourth-order valence-electron chi connectivity index (χ4n) is 2.54. The van der Waals surface area contributed by atoms with Crippen molar-refractivity contribution < 1.29 is 14.0 Å². The molecule has 0 saturated heterocycles. The highest BCUT2D eigenvalue weighted by atomic mass is 16.3. The van der Waals surface area contributed by atoms with Gasteiger partial charge in [0.05, 0.1) is 5.56 Å². The second-order valence-corrected chi connectivity index (χ2v) is 7.28. The average Bonchev–Trinajstić information content (AvgIpc) is 2.88. The summed E-state index contributed by atoms with van der Waals surface area (Å²) < 4.78 is 5.31. The topological polar surface area (TPSA) is 71.3 Å². The summed E-state index contributed by atoms with van der Waals surface area (Å²) in [5.74, 6) is 0.583. The van der Waals surface area contributed by atoms with Gasteiger partial charge in [-0.3, -0.25) is 20.4 Å². The van der Waals surface area contributed by atoms with E-state index in [0.29, 0.717) is 29.9 Å². The van der Waals surface area contributed by atoms with E-state index in [-0.39, 0.29) is 17.2 Å². The molecule has 0 fully saturated rings. The van der Waals surface area contributed by atoms with Crippen LogP contribution in [0.1, 0.15) is 60.2 Å². The fourth-order valence-corrected chi connectivity index (χ4v) is 2.54. The quantitative estimate of drug-likeness (QED) is 0.834. The van der Waals surface area contributed by atoms with Gasteiger partial charge in [-0.2, -0.15) is 0 Å². The van der Waals surface area contributed by atoms with Crippen molar-refractivity contribution in [3.63, 3.8) is 0 Å². The molecule has 5 nitrogen and oxygen atoms in total. The third-order valence-corrected chi connectivity index (χ3v) is 4.06. The Balaban J connectivity index is 1.81. The monoisotopic (exact) mass is 342 g/mol. The number of carbonyl (C=O) groups is 2. The van der Waals surface area contributed by atoms with Crippen molar-refractivity contribution in [2.24, 2.45) is 0 Å². The first kappa shape index (κ1) is 18.8. The molecule has 0 bridgehead atoms. The van der Waals surface area contributed by atoms with E-state index in [2.05, 4.69) is 43.8 Å². The molecule has 0 radical (unpaired) electrons. The van der Waals surface area contributed by atoms with Gasteiger partial charge in [0, 0.05) is 6.42 Å². The van der Waals surface area contributed by atoms with E-state index < -0.39 is 0 Å². The lowest BCUT2D eigenvalue weighted by Gasteiger charge is -2.19. The smallest absolute Gasteiger partial charge is 0.273 e. The molecule has 0 unspecified atom stereocenters. The zero-order chi connectivity index (χ0) is 18.6. The molecule has 1 heterocycles. The predicted molar refractivity (Wildman–Crippen MR) is 97.3 cm³/mol. The molecule has 0 spiro atoms. The van der Waals surface area contributed by atoms with E-state index in [0.717, 1.165) is 5.56 Å². The van der Waals surface area contributed by atoms with Crippen molar-refractivity contribution in [3.05, 3.63) is 58.5 Å². The summed E-state index contributed by atoms with van der Waals surface area (Å²) in [6.45, 7) is 9.99. The van der Waals surface area contributed by atoms with Gasteiger partial charge in [0.2, 0.25) is 5.91 Å². The first-order valence-electron chi connectivity index (χ1n) is 8.42. The molecule has 2 rings (SSSR count). The van der Waals surface area contributed by atoms with E-state index >= 15 is 0 Å². The normalized spacial score (nSPS) is 11.2. The van der Waals surface area contributed by atoms with Gasteiger partial charge in [-0.15, -0.1) is 0 Å². The molecule has 1 aromatic heterocycles. The second-order valence-electron chi connectivity index (χ2n) is 7.28. The van der Waals surface area contributed by atoms with E-state index in [9.17, 15) is 9.59 Å². The van der Waals surface area contributed by atoms with Gasteiger partial charge in [0.15, 0.2) is 0 Å². The van der Waals surface area contributed by atoms with Crippen LogP contribution >= 0.6 is 0 Å². The molecule has 0 atom stereocenters. The first-order valence-corrected chi connectivity index (χ1v) is 8.42. The summed E-state index contributed by atoms with van der Waals surface area (Å²) in [5, 5.41) is 0. The van der Waals surface area contributed by atoms with Crippen molar-refractivity contribution in [2.75, 3.05) is 0 Å². The molecule has 2 amide bonds. The highest BCUT2D eigenvalue weighted by Crippen LogP contribution is 2.22. The number of aryl methyl sites for hydroxylation is 3. The van der Waals surface area contributed by atoms with Crippen LogP contribution < -0.4 is 10.9 Å². The zero-order valence-electron chi connectivity index (χ0n) is 15.5. The van der Waals surface area contributed by atoms with Gasteiger partial charge in [-0.25, -0.2) is 0 Å². The second kappa shape index (κ2) is 7.55. The lowest BCUT2D eigenvalue weighted by Crippen LogP contribution is -2.41. The number of nitrogens with one attached hydrogen (secondary N) is 2. The third-order valence-electron chi connectivity index (χ3n) is 4.06. The molecular weight excluding hydrogens is 316 g/mol. The van der Waals surface area contributed by atoms with Crippen molar-refractivity contribution >= 4 is 11.8 Å². The molecule has 2 aromatic rings. The number of hydrogen-bond donors (Lipinski definition) is 2. The fraction of sp³-hybridized carbons (Fsp3) is 0.400. The lowest BCUT2D eigenvalue weighted by atomic mass is 9.86. The molecule has 2 N–H and O–H groups in total. The van der Waals surface area contributed by atoms with Crippen molar-refractivity contribution in [1.82, 2.24) is 10.9 Å². The molecule has 0 aliphatic heterocycles. The van der Waals surface area contributed by atoms with Gasteiger partial charge in [-0.1, -0.05) is 45.0 Å². The number of furan rings is 1. The summed E-state index contributed by atoms with van der Waals surface area (Å²) in [4.78, 5) is 23.9. The van der Waals surface area contributed by atoms with Crippen LogP contribution in [0.3, 0.4) is 0 Å². The van der Waals surface area contributed by atoms with E-state index in [4.69, 9.17) is 4.42 Å². The largest absolute Gasteiger partial charge is 0.466 e. The molecule has 0 saturated carbocycles. The summed E-state index contributed by atoms with van der Waals surface area (Å²) in [7, 11) is 0. The maximum absolute atomic E-state index is 12.0. The van der Waals surface area contributed by atoms with Gasteiger partial charge in [0.25, 0.3) is 5.91 Å². The van der Waals surface area contributed by atoms with Gasteiger partial charge in [0.1, 0.15) is 11.5 Å². The Bertz CT molecular complexity index is 752. The molecule has 0 aliphatic rings. The molecule has 1 aromatic carbocycles. The SMILES string of the molecule is Cc1cc(C(=O)NNC(=O)CCc2ccc(C(C)(C)C)cc2)c(C)o1. The number of hydrogen-bond acceptors (Lipinski definition) is 3. The van der Waals surface area contributed by atoms with Crippen LogP contribution in [0.25, 0.3) is 0 Å². The minimum Gasteiger partial charge on any atom is -0.466 e. The van der Waals surface area contributed by atoms with Crippen LogP contribution in [0.5, 0.6) is 0 Å². The highest BCUT2D eigenvalue weighted by Gasteiger charge is 2.15. The molecule has 0 aliphatic carbocycles. The minimum atomic E-state index is -0.378. The number of rotatable bonds is 4. The summed E-state index contributed by atoms with van der Waals surface area (Å²) >= 11 is 0. The van der Waals surface area contributed by atoms with Crippen molar-refractivity contribution in [1.29, 1.82) is 0 Å². The minimum absolute atomic E-state index is 0.115. The summed E-state index contributed by atoms with van der Waals surface area (Å²) in [6, 6.07) is 9.93. The van der Waals surface area contributed by atoms with Crippen LogP contribution in [0.15, 0.2) is 34.7 Å². The van der Waals surface area contributed by atoms with Crippen LogP contribution in [0, 0.1) is 13.8 Å². The van der Waals surface area contributed by atoms with E-state index in [1.807, 2.05) is 12.1 Å². The average molecular weight is 342 g/mol. The van der Waals surface area contributed by atoms with Crippen LogP contribution in [-0.4, -0.2) is 11.8 Å². The van der Waals surface area contributed by atoms with Crippen LogP contribution in [-0.2, 0) is 16.6 Å². The zero-order valence-corrected chi connectivity index (χ0v) is 15.5. The van der Waals surface area contributed by atoms with E-state index in [1.165, 1.54) is 5.56 Å². The highest BCUT2D eigenvalue weighted by molar-refractivity contribution is 5.96. The Labute approximate surface area is 148 Å². The number of benzene rings is 1. The Hall–Kier alpha value is -2.56.